The minimum absolute atomic E-state index is 0.145. The van der Waals surface area contributed by atoms with Gasteiger partial charge in [-0.1, -0.05) is 20.8 Å². The van der Waals surface area contributed by atoms with E-state index >= 15 is 0 Å². The molecular weight excluding hydrogens is 250 g/mol. The standard InChI is InChI=1S/C15H25N5/c1-5-10-20-13(8-9-17-20)15(16-7-3)14-11-12(6-2)18-19(14)4/h8-9,11,15-16H,5-7,10H2,1-4H3. The van der Waals surface area contributed by atoms with Gasteiger partial charge >= 0.3 is 0 Å². The van der Waals surface area contributed by atoms with Gasteiger partial charge < -0.3 is 5.32 Å². The fourth-order valence-corrected chi connectivity index (χ4v) is 2.54. The fraction of sp³-hybridized carbons (Fsp3) is 0.600. The third kappa shape index (κ3) is 2.93. The van der Waals surface area contributed by atoms with E-state index < -0.39 is 0 Å². The fourth-order valence-electron chi connectivity index (χ4n) is 2.54. The summed E-state index contributed by atoms with van der Waals surface area (Å²) in [6.45, 7) is 8.30. The van der Waals surface area contributed by atoms with Crippen LogP contribution in [0.1, 0.15) is 50.3 Å². The molecule has 2 heterocycles. The molecule has 1 unspecified atom stereocenters. The van der Waals surface area contributed by atoms with Crippen molar-refractivity contribution in [2.75, 3.05) is 6.54 Å². The van der Waals surface area contributed by atoms with Crippen molar-refractivity contribution >= 4 is 0 Å². The lowest BCUT2D eigenvalue weighted by molar-refractivity contribution is 0.499. The maximum Gasteiger partial charge on any atom is 0.0918 e. The average molecular weight is 275 g/mol. The quantitative estimate of drug-likeness (QED) is 0.843. The predicted octanol–water partition coefficient (Wildman–Crippen LogP) is 2.29. The Bertz CT molecular complexity index is 540. The monoisotopic (exact) mass is 275 g/mol. The minimum atomic E-state index is 0.145. The largest absolute Gasteiger partial charge is 0.304 e. The summed E-state index contributed by atoms with van der Waals surface area (Å²) in [7, 11) is 2.01. The molecule has 0 saturated carbocycles. The van der Waals surface area contributed by atoms with E-state index in [1.165, 1.54) is 11.4 Å². The molecule has 0 aliphatic rings. The summed E-state index contributed by atoms with van der Waals surface area (Å²) in [6, 6.07) is 4.44. The summed E-state index contributed by atoms with van der Waals surface area (Å²) in [4.78, 5) is 0. The zero-order valence-corrected chi connectivity index (χ0v) is 12.9. The van der Waals surface area contributed by atoms with Crippen molar-refractivity contribution in [1.82, 2.24) is 24.9 Å². The van der Waals surface area contributed by atoms with Crippen molar-refractivity contribution in [3.05, 3.63) is 35.4 Å². The molecule has 110 valence electrons. The van der Waals surface area contributed by atoms with Gasteiger partial charge in [-0.05, 0) is 31.5 Å². The molecule has 1 N–H and O–H groups in total. The van der Waals surface area contributed by atoms with Crippen LogP contribution in [-0.2, 0) is 20.0 Å². The number of aromatic nitrogens is 4. The number of nitrogens with zero attached hydrogens (tertiary/aromatic N) is 4. The van der Waals surface area contributed by atoms with Crippen LogP contribution in [0.4, 0.5) is 0 Å². The van der Waals surface area contributed by atoms with Crippen LogP contribution >= 0.6 is 0 Å². The second kappa shape index (κ2) is 6.70. The van der Waals surface area contributed by atoms with Crippen molar-refractivity contribution in [2.24, 2.45) is 7.05 Å². The van der Waals surface area contributed by atoms with Crippen molar-refractivity contribution in [2.45, 2.75) is 46.2 Å². The van der Waals surface area contributed by atoms with E-state index in [-0.39, 0.29) is 6.04 Å². The molecule has 0 spiro atoms. The molecule has 20 heavy (non-hydrogen) atoms. The molecule has 2 rings (SSSR count). The SMILES string of the molecule is CCCn1nccc1C(NCC)c1cc(CC)nn1C. The first-order chi connectivity index (χ1) is 9.71. The van der Waals surface area contributed by atoms with Gasteiger partial charge in [0.15, 0.2) is 0 Å². The number of aryl methyl sites for hydroxylation is 3. The second-order valence-electron chi connectivity index (χ2n) is 5.01. The van der Waals surface area contributed by atoms with Crippen molar-refractivity contribution in [1.29, 1.82) is 0 Å². The van der Waals surface area contributed by atoms with Crippen molar-refractivity contribution in [3.63, 3.8) is 0 Å². The molecular formula is C15H25N5. The van der Waals surface area contributed by atoms with E-state index in [9.17, 15) is 0 Å². The lowest BCUT2D eigenvalue weighted by atomic mass is 10.1. The maximum atomic E-state index is 4.56. The van der Waals surface area contributed by atoms with Crippen LogP contribution in [0.25, 0.3) is 0 Å². The zero-order chi connectivity index (χ0) is 14.5. The van der Waals surface area contributed by atoms with Gasteiger partial charge in [-0.15, -0.1) is 0 Å². The molecule has 1 atom stereocenters. The molecule has 0 saturated heterocycles. The minimum Gasteiger partial charge on any atom is -0.304 e. The molecule has 0 aromatic carbocycles. The first kappa shape index (κ1) is 14.8. The Morgan fingerprint density at radius 1 is 1.25 bits per heavy atom. The van der Waals surface area contributed by atoms with Crippen molar-refractivity contribution in [3.8, 4) is 0 Å². The first-order valence-electron chi connectivity index (χ1n) is 7.49. The van der Waals surface area contributed by atoms with E-state index in [4.69, 9.17) is 0 Å². The van der Waals surface area contributed by atoms with Gasteiger partial charge in [0.1, 0.15) is 0 Å². The Balaban J connectivity index is 2.39. The van der Waals surface area contributed by atoms with Crippen LogP contribution in [0.5, 0.6) is 0 Å². The van der Waals surface area contributed by atoms with E-state index in [1.54, 1.807) is 0 Å². The molecule has 0 bridgehead atoms. The van der Waals surface area contributed by atoms with Gasteiger partial charge in [0.2, 0.25) is 0 Å². The summed E-state index contributed by atoms with van der Waals surface area (Å²) in [5, 5.41) is 12.6. The lowest BCUT2D eigenvalue weighted by Crippen LogP contribution is -2.26. The van der Waals surface area contributed by atoms with Crippen LogP contribution in [0, 0.1) is 0 Å². The Morgan fingerprint density at radius 3 is 2.65 bits per heavy atom. The number of rotatable bonds is 7. The van der Waals surface area contributed by atoms with Crippen LogP contribution in [-0.4, -0.2) is 26.1 Å². The van der Waals surface area contributed by atoms with Crippen molar-refractivity contribution < 1.29 is 0 Å². The summed E-state index contributed by atoms with van der Waals surface area (Å²) < 4.78 is 4.07. The summed E-state index contributed by atoms with van der Waals surface area (Å²) >= 11 is 0. The van der Waals surface area contributed by atoms with E-state index in [0.717, 1.165) is 31.6 Å². The highest BCUT2D eigenvalue weighted by atomic mass is 15.3. The van der Waals surface area contributed by atoms with Gasteiger partial charge in [0.25, 0.3) is 0 Å². The van der Waals surface area contributed by atoms with Gasteiger partial charge in [0, 0.05) is 19.8 Å². The molecule has 0 fully saturated rings. The molecule has 2 aromatic heterocycles. The lowest BCUT2D eigenvalue weighted by Gasteiger charge is -2.19. The Hall–Kier alpha value is -1.62. The molecule has 0 aliphatic carbocycles. The third-order valence-corrected chi connectivity index (χ3v) is 3.51. The molecule has 2 aromatic rings. The molecule has 5 heteroatoms. The molecule has 0 radical (unpaired) electrons. The summed E-state index contributed by atoms with van der Waals surface area (Å²) in [5.74, 6) is 0. The summed E-state index contributed by atoms with van der Waals surface area (Å²) in [6.07, 6.45) is 3.92. The smallest absolute Gasteiger partial charge is 0.0918 e. The topological polar surface area (TPSA) is 47.7 Å². The van der Waals surface area contributed by atoms with Gasteiger partial charge in [-0.2, -0.15) is 10.2 Å². The molecule has 0 aliphatic heterocycles. The van der Waals surface area contributed by atoms with Gasteiger partial charge in [-0.3, -0.25) is 9.36 Å². The molecule has 5 nitrogen and oxygen atoms in total. The van der Waals surface area contributed by atoms with E-state index in [2.05, 4.69) is 53.1 Å². The Labute approximate surface area is 121 Å². The highest BCUT2D eigenvalue weighted by Crippen LogP contribution is 2.22. The average Bonchev–Trinajstić information content (AvgIpc) is 3.03. The zero-order valence-electron chi connectivity index (χ0n) is 12.9. The number of hydrogen-bond acceptors (Lipinski definition) is 3. The normalized spacial score (nSPS) is 12.8. The highest BCUT2D eigenvalue weighted by Gasteiger charge is 2.21. The van der Waals surface area contributed by atoms with Gasteiger partial charge in [-0.25, -0.2) is 0 Å². The van der Waals surface area contributed by atoms with Crippen LogP contribution in [0.15, 0.2) is 18.3 Å². The Morgan fingerprint density at radius 2 is 2.05 bits per heavy atom. The third-order valence-electron chi connectivity index (χ3n) is 3.51. The predicted molar refractivity (Wildman–Crippen MR) is 80.6 cm³/mol. The van der Waals surface area contributed by atoms with Crippen LogP contribution < -0.4 is 5.32 Å². The van der Waals surface area contributed by atoms with Gasteiger partial charge in [0.05, 0.1) is 23.1 Å². The number of hydrogen-bond donors (Lipinski definition) is 1. The van der Waals surface area contributed by atoms with E-state index in [0.29, 0.717) is 0 Å². The summed E-state index contributed by atoms with van der Waals surface area (Å²) in [5.41, 5.74) is 3.54. The maximum absolute atomic E-state index is 4.56. The van der Waals surface area contributed by atoms with Crippen LogP contribution in [0.2, 0.25) is 0 Å². The second-order valence-corrected chi connectivity index (χ2v) is 5.01. The first-order valence-corrected chi connectivity index (χ1v) is 7.49. The van der Waals surface area contributed by atoms with Crippen LogP contribution in [0.3, 0.4) is 0 Å². The Kier molecular flexibility index (Phi) is 4.95. The highest BCUT2D eigenvalue weighted by molar-refractivity contribution is 5.24. The van der Waals surface area contributed by atoms with E-state index in [1.807, 2.05) is 17.9 Å². The molecule has 0 amide bonds. The number of nitrogens with one attached hydrogen (secondary N) is 1.